The molecular formula is C32H37N3O7. The highest BCUT2D eigenvalue weighted by atomic mass is 16.5. The van der Waals surface area contributed by atoms with Crippen molar-refractivity contribution in [3.63, 3.8) is 0 Å². The van der Waals surface area contributed by atoms with E-state index < -0.39 is 24.0 Å². The number of hydrogen-bond acceptors (Lipinski definition) is 7. The van der Waals surface area contributed by atoms with E-state index in [1.807, 2.05) is 60.7 Å². The molecule has 2 amide bonds. The Morgan fingerprint density at radius 3 is 2.14 bits per heavy atom. The molecular weight excluding hydrogens is 538 g/mol. The highest BCUT2D eigenvalue weighted by molar-refractivity contribution is 5.90. The molecule has 0 bridgehead atoms. The van der Waals surface area contributed by atoms with Crippen molar-refractivity contribution >= 4 is 17.8 Å². The van der Waals surface area contributed by atoms with E-state index in [4.69, 9.17) is 14.2 Å². The SMILES string of the molecule is C[C@H](NC(=O)CC1CNCCO1)C(=O)N[C@@H](Cc1ccc(OCc2ccccc2)c(OCc2ccccc2)c1)C(=O)O. The molecule has 3 aromatic rings. The Morgan fingerprint density at radius 1 is 0.905 bits per heavy atom. The second kappa shape index (κ2) is 15.6. The molecule has 3 aromatic carbocycles. The average molecular weight is 576 g/mol. The van der Waals surface area contributed by atoms with Gasteiger partial charge in [0.15, 0.2) is 11.5 Å². The molecule has 0 radical (unpaired) electrons. The van der Waals surface area contributed by atoms with E-state index in [1.54, 1.807) is 18.2 Å². The zero-order valence-corrected chi connectivity index (χ0v) is 23.6. The zero-order valence-electron chi connectivity index (χ0n) is 23.6. The van der Waals surface area contributed by atoms with E-state index in [9.17, 15) is 19.5 Å². The molecule has 0 aliphatic carbocycles. The standard InChI is InChI=1S/C32H37N3O7/c1-22(34-30(36)18-26-19-33-14-15-40-26)31(37)35-27(32(38)39)16-25-12-13-28(41-20-23-8-4-2-5-9-23)29(17-25)42-21-24-10-6-3-7-11-24/h2-13,17,22,26-27,33H,14-16,18-21H2,1H3,(H,34,36)(H,35,37)(H,38,39)/t22-,26?,27-/m0/s1. The van der Waals surface area contributed by atoms with Gasteiger partial charge in [-0.15, -0.1) is 0 Å². The van der Waals surface area contributed by atoms with E-state index in [0.29, 0.717) is 43.4 Å². The minimum atomic E-state index is -1.22. The first-order valence-corrected chi connectivity index (χ1v) is 14.0. The maximum Gasteiger partial charge on any atom is 0.326 e. The maximum atomic E-state index is 12.8. The van der Waals surface area contributed by atoms with Gasteiger partial charge in [-0.05, 0) is 35.7 Å². The fourth-order valence-electron chi connectivity index (χ4n) is 4.44. The summed E-state index contributed by atoms with van der Waals surface area (Å²) in [6, 6.07) is 22.5. The fraction of sp³-hybridized carbons (Fsp3) is 0.344. The van der Waals surface area contributed by atoms with Crippen LogP contribution in [0.2, 0.25) is 0 Å². The Balaban J connectivity index is 1.40. The number of carboxylic acid groups (broad SMARTS) is 1. The van der Waals surface area contributed by atoms with Crippen LogP contribution in [0.25, 0.3) is 0 Å². The number of carboxylic acids is 1. The lowest BCUT2D eigenvalue weighted by Crippen LogP contribution is -2.51. The van der Waals surface area contributed by atoms with Gasteiger partial charge in [0.2, 0.25) is 11.8 Å². The van der Waals surface area contributed by atoms with Gasteiger partial charge in [0.05, 0.1) is 19.1 Å². The highest BCUT2D eigenvalue weighted by Gasteiger charge is 2.26. The van der Waals surface area contributed by atoms with Gasteiger partial charge < -0.3 is 35.3 Å². The lowest BCUT2D eigenvalue weighted by atomic mass is 10.0. The first-order valence-electron chi connectivity index (χ1n) is 14.0. The van der Waals surface area contributed by atoms with Crippen LogP contribution < -0.4 is 25.4 Å². The number of ether oxygens (including phenoxy) is 3. The van der Waals surface area contributed by atoms with Crippen molar-refractivity contribution in [1.82, 2.24) is 16.0 Å². The number of amides is 2. The van der Waals surface area contributed by atoms with Gasteiger partial charge in [-0.25, -0.2) is 4.79 Å². The summed E-state index contributed by atoms with van der Waals surface area (Å²) in [5.74, 6) is -1.16. The second-order valence-corrected chi connectivity index (χ2v) is 10.1. The van der Waals surface area contributed by atoms with Crippen LogP contribution in [0.15, 0.2) is 78.9 Å². The van der Waals surface area contributed by atoms with Crippen LogP contribution in [0.1, 0.15) is 30.0 Å². The first-order chi connectivity index (χ1) is 20.4. The molecule has 4 rings (SSSR count). The van der Waals surface area contributed by atoms with Crippen LogP contribution in [0.5, 0.6) is 11.5 Å². The number of hydrogen-bond donors (Lipinski definition) is 4. The predicted molar refractivity (Wildman–Crippen MR) is 156 cm³/mol. The molecule has 10 nitrogen and oxygen atoms in total. The summed E-state index contributed by atoms with van der Waals surface area (Å²) in [5.41, 5.74) is 2.60. The third kappa shape index (κ3) is 9.60. The molecule has 0 saturated carbocycles. The second-order valence-electron chi connectivity index (χ2n) is 10.1. The van der Waals surface area contributed by atoms with Crippen molar-refractivity contribution < 1.29 is 33.7 Å². The van der Waals surface area contributed by atoms with Crippen LogP contribution in [0.4, 0.5) is 0 Å². The van der Waals surface area contributed by atoms with Crippen molar-refractivity contribution in [3.8, 4) is 11.5 Å². The summed E-state index contributed by atoms with van der Waals surface area (Å²) < 4.78 is 17.7. The van der Waals surface area contributed by atoms with Crippen LogP contribution in [-0.2, 0) is 38.8 Å². The number of aliphatic carboxylic acids is 1. The fourth-order valence-corrected chi connectivity index (χ4v) is 4.44. The van der Waals surface area contributed by atoms with Gasteiger partial charge in [-0.2, -0.15) is 0 Å². The average Bonchev–Trinajstić information content (AvgIpc) is 3.00. The van der Waals surface area contributed by atoms with Crippen molar-refractivity contribution in [1.29, 1.82) is 0 Å². The van der Waals surface area contributed by atoms with E-state index in [1.165, 1.54) is 6.92 Å². The first kappa shape index (κ1) is 30.5. The molecule has 1 fully saturated rings. The Bertz CT molecular complexity index is 1310. The monoisotopic (exact) mass is 575 g/mol. The van der Waals surface area contributed by atoms with Gasteiger partial charge in [0.1, 0.15) is 25.3 Å². The number of carbonyl (C=O) groups excluding carboxylic acids is 2. The Kier molecular flexibility index (Phi) is 11.3. The van der Waals surface area contributed by atoms with Gasteiger partial charge >= 0.3 is 5.97 Å². The van der Waals surface area contributed by atoms with E-state index >= 15 is 0 Å². The molecule has 0 spiro atoms. The van der Waals surface area contributed by atoms with Crippen LogP contribution in [-0.4, -0.2) is 60.8 Å². The molecule has 10 heteroatoms. The number of rotatable bonds is 14. The zero-order chi connectivity index (χ0) is 29.7. The summed E-state index contributed by atoms with van der Waals surface area (Å²) in [7, 11) is 0. The Labute approximate surface area is 245 Å². The third-order valence-electron chi connectivity index (χ3n) is 6.73. The molecule has 42 heavy (non-hydrogen) atoms. The third-order valence-corrected chi connectivity index (χ3v) is 6.73. The molecule has 1 aliphatic rings. The molecule has 1 aliphatic heterocycles. The normalized spacial score (nSPS) is 16.1. The number of carbonyl (C=O) groups is 3. The van der Waals surface area contributed by atoms with Crippen molar-refractivity contribution in [2.45, 2.75) is 51.2 Å². The lowest BCUT2D eigenvalue weighted by Gasteiger charge is -2.24. The minimum Gasteiger partial charge on any atom is -0.485 e. The summed E-state index contributed by atoms with van der Waals surface area (Å²) >= 11 is 0. The molecule has 3 atom stereocenters. The predicted octanol–water partition coefficient (Wildman–Crippen LogP) is 2.84. The molecule has 0 aromatic heterocycles. The van der Waals surface area contributed by atoms with Crippen molar-refractivity contribution in [3.05, 3.63) is 95.6 Å². The van der Waals surface area contributed by atoms with Gasteiger partial charge in [0, 0.05) is 19.5 Å². The summed E-state index contributed by atoms with van der Waals surface area (Å²) in [6.07, 6.45) is -0.153. The van der Waals surface area contributed by atoms with E-state index in [0.717, 1.165) is 17.7 Å². The molecule has 222 valence electrons. The quantitative estimate of drug-likeness (QED) is 0.231. The largest absolute Gasteiger partial charge is 0.485 e. The minimum absolute atomic E-state index is 0.00395. The molecule has 1 unspecified atom stereocenters. The highest BCUT2D eigenvalue weighted by Crippen LogP contribution is 2.30. The van der Waals surface area contributed by atoms with Crippen LogP contribution in [0.3, 0.4) is 0 Å². The van der Waals surface area contributed by atoms with Crippen molar-refractivity contribution in [2.24, 2.45) is 0 Å². The Morgan fingerprint density at radius 2 is 1.55 bits per heavy atom. The summed E-state index contributed by atoms with van der Waals surface area (Å²) in [4.78, 5) is 37.3. The molecule has 1 saturated heterocycles. The van der Waals surface area contributed by atoms with Crippen LogP contribution in [0, 0.1) is 0 Å². The topological polar surface area (TPSA) is 135 Å². The van der Waals surface area contributed by atoms with E-state index in [2.05, 4.69) is 16.0 Å². The van der Waals surface area contributed by atoms with Gasteiger partial charge in [-0.1, -0.05) is 66.7 Å². The maximum absolute atomic E-state index is 12.8. The smallest absolute Gasteiger partial charge is 0.326 e. The van der Waals surface area contributed by atoms with E-state index in [-0.39, 0.29) is 24.9 Å². The summed E-state index contributed by atoms with van der Waals surface area (Å²) in [5, 5.41) is 18.2. The summed E-state index contributed by atoms with van der Waals surface area (Å²) in [6.45, 7) is 3.96. The lowest BCUT2D eigenvalue weighted by molar-refractivity contribution is -0.142. The molecule has 1 heterocycles. The number of morpholine rings is 1. The van der Waals surface area contributed by atoms with Crippen LogP contribution >= 0.6 is 0 Å². The van der Waals surface area contributed by atoms with Gasteiger partial charge in [-0.3, -0.25) is 9.59 Å². The number of nitrogens with one attached hydrogen (secondary N) is 3. The van der Waals surface area contributed by atoms with Gasteiger partial charge in [0.25, 0.3) is 0 Å². The number of benzene rings is 3. The van der Waals surface area contributed by atoms with Crippen molar-refractivity contribution in [2.75, 3.05) is 19.7 Å². The Hall–Kier alpha value is -4.41. The molecule has 4 N–H and O–H groups in total.